The number of rotatable bonds is 6. The molecule has 0 saturated heterocycles. The second-order valence-corrected chi connectivity index (χ2v) is 6.79. The number of aromatic nitrogens is 1. The maximum Gasteiger partial charge on any atom is 0.0982 e. The molecule has 104 valence electrons. The summed E-state index contributed by atoms with van der Waals surface area (Å²) in [6.07, 6.45) is 1.56. The van der Waals surface area contributed by atoms with Gasteiger partial charge in [-0.15, -0.1) is 11.3 Å². The normalized spacial score (nSPS) is 13.0. The van der Waals surface area contributed by atoms with Gasteiger partial charge in [0.1, 0.15) is 0 Å². The summed E-state index contributed by atoms with van der Waals surface area (Å²) in [5.74, 6) is 0. The molecule has 1 heterocycles. The van der Waals surface area contributed by atoms with Crippen LogP contribution in [0.4, 0.5) is 0 Å². The van der Waals surface area contributed by atoms with Gasteiger partial charge in [0, 0.05) is 23.9 Å². The van der Waals surface area contributed by atoms with Gasteiger partial charge in [0.25, 0.3) is 0 Å². The van der Waals surface area contributed by atoms with Crippen molar-refractivity contribution in [1.29, 1.82) is 0 Å². The number of nitrogens with zero attached hydrogens (tertiary/aromatic N) is 1. The zero-order chi connectivity index (χ0) is 13.8. The summed E-state index contributed by atoms with van der Waals surface area (Å²) in [5.41, 5.74) is 0.610. The lowest BCUT2D eigenvalue weighted by Gasteiger charge is -2.25. The van der Waals surface area contributed by atoms with Gasteiger partial charge in [0.15, 0.2) is 0 Å². The molecule has 4 heteroatoms. The Morgan fingerprint density at radius 1 is 1.28 bits per heavy atom. The Balaban J connectivity index is 2.48. The molecule has 0 aliphatic carbocycles. The van der Waals surface area contributed by atoms with Crippen molar-refractivity contribution in [1.82, 2.24) is 10.3 Å². The van der Waals surface area contributed by atoms with Gasteiger partial charge in [-0.05, 0) is 12.8 Å². The molecule has 0 aliphatic heterocycles. The second kappa shape index (κ2) is 6.13. The first-order chi connectivity index (χ1) is 8.30. The average molecular weight is 270 g/mol. The van der Waals surface area contributed by atoms with E-state index in [4.69, 9.17) is 0 Å². The minimum absolute atomic E-state index is 0.122. The monoisotopic (exact) mass is 270 g/mol. The van der Waals surface area contributed by atoms with E-state index in [2.05, 4.69) is 36.5 Å². The van der Waals surface area contributed by atoms with Crippen molar-refractivity contribution in [3.8, 4) is 0 Å². The molecule has 1 aromatic heterocycles. The second-order valence-electron chi connectivity index (χ2n) is 5.93. The molecule has 0 aromatic carbocycles. The van der Waals surface area contributed by atoms with Gasteiger partial charge in [-0.25, -0.2) is 4.98 Å². The molecule has 2 N–H and O–H groups in total. The lowest BCUT2D eigenvalue weighted by Crippen LogP contribution is -2.39. The van der Waals surface area contributed by atoms with E-state index in [9.17, 15) is 5.11 Å². The third kappa shape index (κ3) is 4.34. The third-order valence-electron chi connectivity index (χ3n) is 3.27. The molecule has 18 heavy (non-hydrogen) atoms. The minimum Gasteiger partial charge on any atom is -0.389 e. The van der Waals surface area contributed by atoms with Crippen molar-refractivity contribution in [2.45, 2.75) is 65.0 Å². The topological polar surface area (TPSA) is 45.1 Å². The van der Waals surface area contributed by atoms with E-state index < -0.39 is 5.60 Å². The van der Waals surface area contributed by atoms with Crippen molar-refractivity contribution in [2.75, 3.05) is 6.54 Å². The summed E-state index contributed by atoms with van der Waals surface area (Å²) in [5, 5.41) is 16.7. The van der Waals surface area contributed by atoms with Crippen molar-refractivity contribution < 1.29 is 5.11 Å². The Morgan fingerprint density at radius 2 is 1.89 bits per heavy atom. The molecular weight excluding hydrogens is 244 g/mol. The predicted octanol–water partition coefficient (Wildman–Crippen LogP) is 3.08. The fourth-order valence-electron chi connectivity index (χ4n) is 1.66. The van der Waals surface area contributed by atoms with Gasteiger partial charge >= 0.3 is 0 Å². The van der Waals surface area contributed by atoms with E-state index in [-0.39, 0.29) is 5.41 Å². The molecule has 0 saturated carbocycles. The largest absolute Gasteiger partial charge is 0.389 e. The Kier molecular flexibility index (Phi) is 5.32. The first-order valence-corrected chi connectivity index (χ1v) is 7.56. The smallest absolute Gasteiger partial charge is 0.0982 e. The number of hydrogen-bond donors (Lipinski definition) is 2. The van der Waals surface area contributed by atoms with E-state index in [1.54, 1.807) is 11.3 Å². The van der Waals surface area contributed by atoms with Crippen molar-refractivity contribution >= 4 is 11.3 Å². The van der Waals surface area contributed by atoms with Crippen molar-refractivity contribution in [3.05, 3.63) is 16.1 Å². The van der Waals surface area contributed by atoms with E-state index in [1.165, 1.54) is 5.01 Å². The molecule has 0 fully saturated rings. The molecule has 0 amide bonds. The van der Waals surface area contributed by atoms with Gasteiger partial charge < -0.3 is 10.4 Å². The standard InChI is InChI=1S/C14H26N2OS/c1-6-14(17,7-2)10-15-8-11-9-18-12(16-11)13(3,4)5/h9,15,17H,6-8,10H2,1-5H3. The van der Waals surface area contributed by atoms with Crippen LogP contribution in [0.25, 0.3) is 0 Å². The zero-order valence-electron chi connectivity index (χ0n) is 12.2. The lowest BCUT2D eigenvalue weighted by molar-refractivity contribution is 0.0322. The van der Waals surface area contributed by atoms with E-state index >= 15 is 0 Å². The van der Waals surface area contributed by atoms with Crippen LogP contribution in [0.15, 0.2) is 5.38 Å². The van der Waals surface area contributed by atoms with Gasteiger partial charge in [-0.3, -0.25) is 0 Å². The van der Waals surface area contributed by atoms with Gasteiger partial charge in [0.05, 0.1) is 16.3 Å². The van der Waals surface area contributed by atoms with Crippen LogP contribution in [0.1, 0.15) is 58.2 Å². The fourth-order valence-corrected chi connectivity index (χ4v) is 2.56. The summed E-state index contributed by atoms with van der Waals surface area (Å²) in [6, 6.07) is 0. The minimum atomic E-state index is -0.580. The van der Waals surface area contributed by atoms with Crippen LogP contribution in [-0.4, -0.2) is 22.2 Å². The Labute approximate surface area is 115 Å². The van der Waals surface area contributed by atoms with E-state index in [0.717, 1.165) is 25.1 Å². The molecule has 0 atom stereocenters. The summed E-state index contributed by atoms with van der Waals surface area (Å²) in [6.45, 7) is 11.9. The SMILES string of the molecule is CCC(O)(CC)CNCc1csc(C(C)(C)C)n1. The molecule has 0 aliphatic rings. The first kappa shape index (κ1) is 15.6. The Bertz CT molecular complexity index is 364. The highest BCUT2D eigenvalue weighted by molar-refractivity contribution is 7.09. The molecule has 0 radical (unpaired) electrons. The van der Waals surface area contributed by atoms with Crippen LogP contribution in [0, 0.1) is 0 Å². The van der Waals surface area contributed by atoms with Crippen LogP contribution >= 0.6 is 11.3 Å². The van der Waals surface area contributed by atoms with Crippen LogP contribution in [0.2, 0.25) is 0 Å². The lowest BCUT2D eigenvalue weighted by atomic mass is 9.97. The predicted molar refractivity (Wildman–Crippen MR) is 78.1 cm³/mol. The molecular formula is C14H26N2OS. The maximum absolute atomic E-state index is 10.2. The molecule has 3 nitrogen and oxygen atoms in total. The molecule has 0 spiro atoms. The molecule has 0 unspecified atom stereocenters. The molecule has 1 rings (SSSR count). The highest BCUT2D eigenvalue weighted by Crippen LogP contribution is 2.25. The number of hydrogen-bond acceptors (Lipinski definition) is 4. The zero-order valence-corrected chi connectivity index (χ0v) is 13.0. The molecule has 1 aromatic rings. The van der Waals surface area contributed by atoms with Crippen LogP contribution < -0.4 is 5.32 Å². The highest BCUT2D eigenvalue weighted by Gasteiger charge is 2.22. The highest BCUT2D eigenvalue weighted by atomic mass is 32.1. The third-order valence-corrected chi connectivity index (χ3v) is 4.59. The first-order valence-electron chi connectivity index (χ1n) is 6.68. The fraction of sp³-hybridized carbons (Fsp3) is 0.786. The van der Waals surface area contributed by atoms with Crippen molar-refractivity contribution in [3.63, 3.8) is 0 Å². The van der Waals surface area contributed by atoms with Gasteiger partial charge in [-0.1, -0.05) is 34.6 Å². The summed E-state index contributed by atoms with van der Waals surface area (Å²) in [7, 11) is 0. The Morgan fingerprint density at radius 3 is 2.33 bits per heavy atom. The van der Waals surface area contributed by atoms with Gasteiger partial charge in [-0.2, -0.15) is 0 Å². The summed E-state index contributed by atoms with van der Waals surface area (Å²) >= 11 is 1.71. The number of nitrogens with one attached hydrogen (secondary N) is 1. The number of thiazole rings is 1. The number of aliphatic hydroxyl groups is 1. The van der Waals surface area contributed by atoms with Gasteiger partial charge in [0.2, 0.25) is 0 Å². The van der Waals surface area contributed by atoms with E-state index in [1.807, 2.05) is 13.8 Å². The molecule has 0 bridgehead atoms. The Hall–Kier alpha value is -0.450. The average Bonchev–Trinajstić information content (AvgIpc) is 2.77. The summed E-state index contributed by atoms with van der Waals surface area (Å²) < 4.78 is 0. The van der Waals surface area contributed by atoms with Crippen LogP contribution in [0.3, 0.4) is 0 Å². The summed E-state index contributed by atoms with van der Waals surface area (Å²) in [4.78, 5) is 4.63. The van der Waals surface area contributed by atoms with E-state index in [0.29, 0.717) is 6.54 Å². The van der Waals surface area contributed by atoms with Crippen LogP contribution in [0.5, 0.6) is 0 Å². The quantitative estimate of drug-likeness (QED) is 0.835. The van der Waals surface area contributed by atoms with Crippen LogP contribution in [-0.2, 0) is 12.0 Å². The maximum atomic E-state index is 10.2. The van der Waals surface area contributed by atoms with Crippen molar-refractivity contribution in [2.24, 2.45) is 0 Å².